The highest BCUT2D eigenvalue weighted by atomic mass is 32.1. The third-order valence-electron chi connectivity index (χ3n) is 4.95. The van der Waals surface area contributed by atoms with Crippen LogP contribution in [-0.4, -0.2) is 39.6 Å². The highest BCUT2D eigenvalue weighted by Gasteiger charge is 2.27. The Balaban J connectivity index is 1.44. The first-order valence-corrected chi connectivity index (χ1v) is 10.3. The number of nitrogens with zero attached hydrogens (tertiary/aromatic N) is 4. The summed E-state index contributed by atoms with van der Waals surface area (Å²) in [7, 11) is 0. The number of rotatable bonds is 4. The van der Waals surface area contributed by atoms with Crippen LogP contribution in [0.1, 0.15) is 32.3 Å². The summed E-state index contributed by atoms with van der Waals surface area (Å²) in [5.74, 6) is 0.294. The number of aryl methyl sites for hydroxylation is 1. The molecule has 3 aromatic rings. The second-order valence-corrected chi connectivity index (χ2v) is 8.46. The summed E-state index contributed by atoms with van der Waals surface area (Å²) in [5, 5.41) is 8.72. The summed E-state index contributed by atoms with van der Waals surface area (Å²) in [5.41, 5.74) is 3.30. The number of benzene rings is 1. The topological polar surface area (TPSA) is 62.5 Å². The molecule has 1 aromatic carbocycles. The minimum absolute atomic E-state index is 0.112. The molecule has 27 heavy (non-hydrogen) atoms. The van der Waals surface area contributed by atoms with Crippen LogP contribution in [0.2, 0.25) is 0 Å². The number of anilines is 1. The molecule has 1 aliphatic rings. The first kappa shape index (κ1) is 18.0. The summed E-state index contributed by atoms with van der Waals surface area (Å²) in [6, 6.07) is 8.58. The summed E-state index contributed by atoms with van der Waals surface area (Å²) >= 11 is 1.61. The van der Waals surface area contributed by atoms with Crippen LogP contribution in [0.25, 0.3) is 16.2 Å². The summed E-state index contributed by atoms with van der Waals surface area (Å²) in [6.45, 7) is 7.81. The third kappa shape index (κ3) is 3.83. The fourth-order valence-corrected chi connectivity index (χ4v) is 4.35. The Morgan fingerprint density at radius 2 is 1.93 bits per heavy atom. The van der Waals surface area contributed by atoms with E-state index < -0.39 is 0 Å². The van der Waals surface area contributed by atoms with E-state index in [1.54, 1.807) is 11.3 Å². The lowest BCUT2D eigenvalue weighted by Gasteiger charge is -2.31. The van der Waals surface area contributed by atoms with Gasteiger partial charge in [-0.15, -0.1) is 5.10 Å². The molecule has 1 fully saturated rings. The zero-order valence-corrected chi connectivity index (χ0v) is 16.8. The van der Waals surface area contributed by atoms with Crippen LogP contribution in [0.3, 0.4) is 0 Å². The molecule has 6 nitrogen and oxygen atoms in total. The van der Waals surface area contributed by atoms with Crippen molar-refractivity contribution in [2.45, 2.75) is 39.7 Å². The Bertz CT molecular complexity index is 904. The van der Waals surface area contributed by atoms with Crippen LogP contribution >= 0.6 is 11.3 Å². The largest absolute Gasteiger partial charge is 0.354 e. The Morgan fingerprint density at radius 3 is 2.56 bits per heavy atom. The predicted molar refractivity (Wildman–Crippen MR) is 109 cm³/mol. The predicted octanol–water partition coefficient (Wildman–Crippen LogP) is 3.51. The van der Waals surface area contributed by atoms with Crippen molar-refractivity contribution in [1.29, 1.82) is 0 Å². The minimum Gasteiger partial charge on any atom is -0.354 e. The van der Waals surface area contributed by atoms with E-state index in [2.05, 4.69) is 41.4 Å². The maximum absolute atomic E-state index is 12.2. The number of hydrogen-bond donors (Lipinski definition) is 1. The maximum atomic E-state index is 12.2. The third-order valence-corrected chi connectivity index (χ3v) is 5.93. The second kappa shape index (κ2) is 7.31. The van der Waals surface area contributed by atoms with Crippen molar-refractivity contribution in [2.24, 2.45) is 5.92 Å². The number of amides is 1. The van der Waals surface area contributed by atoms with Gasteiger partial charge in [0.1, 0.15) is 0 Å². The zero-order chi connectivity index (χ0) is 19.0. The van der Waals surface area contributed by atoms with E-state index in [1.165, 1.54) is 5.56 Å². The lowest BCUT2D eigenvalue weighted by atomic mass is 9.96. The minimum atomic E-state index is 0.112. The fourth-order valence-electron chi connectivity index (χ4n) is 3.42. The summed E-state index contributed by atoms with van der Waals surface area (Å²) < 4.78 is 1.87. The van der Waals surface area contributed by atoms with Crippen LogP contribution in [-0.2, 0) is 4.79 Å². The molecular weight excluding hydrogens is 358 g/mol. The van der Waals surface area contributed by atoms with Crippen LogP contribution in [0.4, 0.5) is 5.13 Å². The van der Waals surface area contributed by atoms with Crippen molar-refractivity contribution < 1.29 is 4.79 Å². The van der Waals surface area contributed by atoms with Crippen LogP contribution in [0.15, 0.2) is 30.5 Å². The molecule has 0 spiro atoms. The summed E-state index contributed by atoms with van der Waals surface area (Å²) in [4.78, 5) is 20.1. The molecule has 0 aliphatic carbocycles. The number of fused-ring (bicyclic) bond motifs is 1. The Kier molecular flexibility index (Phi) is 4.86. The number of hydrogen-bond acceptors (Lipinski definition) is 5. The molecule has 1 saturated heterocycles. The second-order valence-electron chi connectivity index (χ2n) is 7.53. The van der Waals surface area contributed by atoms with Crippen molar-refractivity contribution in [3.63, 3.8) is 0 Å². The molecule has 0 bridgehead atoms. The molecule has 0 saturated carbocycles. The normalized spacial score (nSPS) is 15.6. The van der Waals surface area contributed by atoms with Gasteiger partial charge in [-0.25, -0.2) is 9.50 Å². The van der Waals surface area contributed by atoms with Gasteiger partial charge in [0.25, 0.3) is 0 Å². The first-order chi connectivity index (χ1) is 13.0. The molecule has 1 aliphatic heterocycles. The number of piperidine rings is 1. The van der Waals surface area contributed by atoms with E-state index in [1.807, 2.05) is 24.6 Å². The van der Waals surface area contributed by atoms with Gasteiger partial charge in [0.15, 0.2) is 0 Å². The van der Waals surface area contributed by atoms with Crippen molar-refractivity contribution >= 4 is 27.3 Å². The van der Waals surface area contributed by atoms with Crippen molar-refractivity contribution in [3.05, 3.63) is 36.0 Å². The zero-order valence-electron chi connectivity index (χ0n) is 16.0. The van der Waals surface area contributed by atoms with Gasteiger partial charge >= 0.3 is 0 Å². The van der Waals surface area contributed by atoms with Gasteiger partial charge < -0.3 is 10.2 Å². The highest BCUT2D eigenvalue weighted by Crippen LogP contribution is 2.29. The molecule has 142 valence electrons. The van der Waals surface area contributed by atoms with E-state index in [4.69, 9.17) is 10.1 Å². The Labute approximate surface area is 163 Å². The Hall–Kier alpha value is -2.41. The average Bonchev–Trinajstić information content (AvgIpc) is 3.21. The van der Waals surface area contributed by atoms with E-state index in [0.717, 1.165) is 47.3 Å². The molecular formula is C20H25N5OS. The number of carbonyl (C=O) groups is 1. The first-order valence-electron chi connectivity index (χ1n) is 9.48. The molecule has 3 heterocycles. The monoisotopic (exact) mass is 383 g/mol. The molecule has 0 unspecified atom stereocenters. The van der Waals surface area contributed by atoms with Gasteiger partial charge in [-0.2, -0.15) is 0 Å². The van der Waals surface area contributed by atoms with Gasteiger partial charge in [-0.3, -0.25) is 4.79 Å². The lowest BCUT2D eigenvalue weighted by molar-refractivity contribution is -0.126. The van der Waals surface area contributed by atoms with Crippen molar-refractivity contribution in [3.8, 4) is 11.3 Å². The number of imidazole rings is 1. The highest BCUT2D eigenvalue weighted by molar-refractivity contribution is 7.20. The number of nitrogens with one attached hydrogen (secondary N) is 1. The molecule has 0 atom stereocenters. The lowest BCUT2D eigenvalue weighted by Crippen LogP contribution is -2.42. The van der Waals surface area contributed by atoms with E-state index in [9.17, 15) is 4.79 Å². The SMILES string of the molecule is Cc1ccc(-c2cn3nc(N4CCC(C(=O)NC(C)C)CC4)sc3n2)cc1. The van der Waals surface area contributed by atoms with Gasteiger partial charge in [0.05, 0.1) is 11.9 Å². The van der Waals surface area contributed by atoms with Crippen molar-refractivity contribution in [1.82, 2.24) is 19.9 Å². The van der Waals surface area contributed by atoms with Crippen LogP contribution in [0, 0.1) is 12.8 Å². The quantitative estimate of drug-likeness (QED) is 0.749. The van der Waals surface area contributed by atoms with E-state index >= 15 is 0 Å². The van der Waals surface area contributed by atoms with Crippen LogP contribution < -0.4 is 10.2 Å². The molecule has 1 amide bonds. The van der Waals surface area contributed by atoms with E-state index in [0.29, 0.717) is 0 Å². The van der Waals surface area contributed by atoms with Crippen LogP contribution in [0.5, 0.6) is 0 Å². The van der Waals surface area contributed by atoms with Gasteiger partial charge in [-0.05, 0) is 33.6 Å². The van der Waals surface area contributed by atoms with Gasteiger partial charge in [0.2, 0.25) is 16.0 Å². The standard InChI is InChI=1S/C20H25N5OS/c1-13(2)21-18(26)16-8-10-24(11-9-16)20-23-25-12-17(22-19(25)27-20)15-6-4-14(3)5-7-15/h4-7,12-13,16H,8-11H2,1-3H3,(H,21,26). The molecule has 4 rings (SSSR count). The van der Waals surface area contributed by atoms with E-state index in [-0.39, 0.29) is 17.9 Å². The average molecular weight is 384 g/mol. The maximum Gasteiger partial charge on any atom is 0.223 e. The van der Waals surface area contributed by atoms with Crippen molar-refractivity contribution in [2.75, 3.05) is 18.0 Å². The number of carbonyl (C=O) groups excluding carboxylic acids is 1. The number of aromatic nitrogens is 3. The molecule has 7 heteroatoms. The molecule has 2 aromatic heterocycles. The van der Waals surface area contributed by atoms with Gasteiger partial charge in [-0.1, -0.05) is 41.2 Å². The summed E-state index contributed by atoms with van der Waals surface area (Å²) in [6.07, 6.45) is 3.73. The fraction of sp³-hybridized carbons (Fsp3) is 0.450. The molecule has 1 N–H and O–H groups in total. The smallest absolute Gasteiger partial charge is 0.223 e. The van der Waals surface area contributed by atoms with Gasteiger partial charge in [0, 0.05) is 30.6 Å². The molecule has 0 radical (unpaired) electrons. The Morgan fingerprint density at radius 1 is 1.22 bits per heavy atom.